The van der Waals surface area contributed by atoms with Crippen LogP contribution in [-0.2, 0) is 27.5 Å². The number of aromatic nitrogens is 2. The number of anilines is 2. The highest BCUT2D eigenvalue weighted by Gasteiger charge is 2.33. The lowest BCUT2D eigenvalue weighted by molar-refractivity contribution is -0.141. The van der Waals surface area contributed by atoms with E-state index in [1.165, 1.54) is 18.2 Å². The van der Waals surface area contributed by atoms with E-state index in [4.69, 9.17) is 0 Å². The molecule has 0 bridgehead atoms. The third-order valence-corrected chi connectivity index (χ3v) is 5.44. The Balaban J connectivity index is 1.72. The Kier molecular flexibility index (Phi) is 5.83. The first kappa shape index (κ1) is 21.4. The van der Waals surface area contributed by atoms with E-state index in [-0.39, 0.29) is 16.3 Å². The van der Waals surface area contributed by atoms with Gasteiger partial charge in [0.05, 0.1) is 10.6 Å². The van der Waals surface area contributed by atoms with Crippen molar-refractivity contribution in [3.05, 3.63) is 72.1 Å². The van der Waals surface area contributed by atoms with E-state index < -0.39 is 34.3 Å². The lowest BCUT2D eigenvalue weighted by atomic mass is 10.2. The van der Waals surface area contributed by atoms with E-state index >= 15 is 0 Å². The van der Waals surface area contributed by atoms with Gasteiger partial charge in [-0.25, -0.2) is 8.42 Å². The zero-order chi connectivity index (χ0) is 21.9. The Morgan fingerprint density at radius 3 is 2.43 bits per heavy atom. The average Bonchev–Trinajstić information content (AvgIpc) is 3.14. The standard InChI is InChI=1S/C19H17F3N4O3S/c1-13-7-8-14(11-16(13)25-30(28,29)15-5-3-2-4-6-15)23-18(27)12-26-10-9-17(24-26)19(20,21)22/h2-11,25H,12H2,1H3,(H,23,27). The summed E-state index contributed by atoms with van der Waals surface area (Å²) in [4.78, 5) is 12.2. The van der Waals surface area contributed by atoms with Crippen molar-refractivity contribution in [2.24, 2.45) is 0 Å². The molecule has 0 atom stereocenters. The third-order valence-electron chi connectivity index (χ3n) is 4.06. The van der Waals surface area contributed by atoms with E-state index in [1.807, 2.05) is 0 Å². The van der Waals surface area contributed by atoms with Gasteiger partial charge in [-0.3, -0.25) is 14.2 Å². The normalized spacial score (nSPS) is 11.9. The molecule has 2 aromatic carbocycles. The molecule has 0 aliphatic carbocycles. The first-order valence-electron chi connectivity index (χ1n) is 8.63. The quantitative estimate of drug-likeness (QED) is 0.615. The number of sulfonamides is 1. The second kappa shape index (κ2) is 8.19. The lowest BCUT2D eigenvalue weighted by Gasteiger charge is -2.13. The highest BCUT2D eigenvalue weighted by Crippen LogP contribution is 2.27. The predicted molar refractivity (Wildman–Crippen MR) is 104 cm³/mol. The summed E-state index contributed by atoms with van der Waals surface area (Å²) in [7, 11) is -3.82. The fourth-order valence-electron chi connectivity index (χ4n) is 2.56. The Bertz CT molecular complexity index is 1160. The van der Waals surface area contributed by atoms with Crippen molar-refractivity contribution in [3.63, 3.8) is 0 Å². The van der Waals surface area contributed by atoms with Crippen LogP contribution in [0.1, 0.15) is 11.3 Å². The number of aryl methyl sites for hydroxylation is 1. The second-order valence-electron chi connectivity index (χ2n) is 6.39. The number of alkyl halides is 3. The SMILES string of the molecule is Cc1ccc(NC(=O)Cn2ccc(C(F)(F)F)n2)cc1NS(=O)(=O)c1ccccc1. The molecule has 2 N–H and O–H groups in total. The molecule has 1 aromatic heterocycles. The summed E-state index contributed by atoms with van der Waals surface area (Å²) >= 11 is 0. The molecule has 30 heavy (non-hydrogen) atoms. The molecule has 0 unspecified atom stereocenters. The molecule has 7 nitrogen and oxygen atoms in total. The molecule has 11 heteroatoms. The fraction of sp³-hybridized carbons (Fsp3) is 0.158. The Morgan fingerprint density at radius 2 is 1.80 bits per heavy atom. The maximum absolute atomic E-state index is 12.6. The average molecular weight is 438 g/mol. The minimum Gasteiger partial charge on any atom is -0.324 e. The van der Waals surface area contributed by atoms with Crippen LogP contribution in [0, 0.1) is 6.92 Å². The van der Waals surface area contributed by atoms with Gasteiger partial charge < -0.3 is 5.32 Å². The van der Waals surface area contributed by atoms with Gasteiger partial charge in [0, 0.05) is 11.9 Å². The minimum atomic E-state index is -4.59. The molecule has 1 amide bonds. The first-order chi connectivity index (χ1) is 14.0. The molecule has 0 fully saturated rings. The van der Waals surface area contributed by atoms with Gasteiger partial charge in [0.2, 0.25) is 5.91 Å². The van der Waals surface area contributed by atoms with Crippen molar-refractivity contribution >= 4 is 27.3 Å². The van der Waals surface area contributed by atoms with E-state index in [2.05, 4.69) is 15.1 Å². The van der Waals surface area contributed by atoms with Crippen molar-refractivity contribution in [3.8, 4) is 0 Å². The van der Waals surface area contributed by atoms with Gasteiger partial charge in [0.15, 0.2) is 5.69 Å². The van der Waals surface area contributed by atoms with Gasteiger partial charge in [-0.2, -0.15) is 18.3 Å². The van der Waals surface area contributed by atoms with Crippen LogP contribution in [0.2, 0.25) is 0 Å². The molecule has 0 saturated heterocycles. The number of halogens is 3. The third kappa shape index (κ3) is 5.17. The summed E-state index contributed by atoms with van der Waals surface area (Å²) in [5.41, 5.74) is 0.0623. The summed E-state index contributed by atoms with van der Waals surface area (Å²) < 4.78 is 66.1. The molecule has 1 heterocycles. The van der Waals surface area contributed by atoms with Crippen molar-refractivity contribution in [1.29, 1.82) is 0 Å². The van der Waals surface area contributed by atoms with Gasteiger partial charge in [-0.15, -0.1) is 0 Å². The molecule has 3 rings (SSSR count). The molecule has 0 spiro atoms. The van der Waals surface area contributed by atoms with E-state index in [0.29, 0.717) is 5.56 Å². The highest BCUT2D eigenvalue weighted by molar-refractivity contribution is 7.92. The summed E-state index contributed by atoms with van der Waals surface area (Å²) in [5, 5.41) is 5.83. The summed E-state index contributed by atoms with van der Waals surface area (Å²) in [6, 6.07) is 13.1. The zero-order valence-corrected chi connectivity index (χ0v) is 16.5. The smallest absolute Gasteiger partial charge is 0.324 e. The first-order valence-corrected chi connectivity index (χ1v) is 10.1. The second-order valence-corrected chi connectivity index (χ2v) is 8.08. The van der Waals surface area contributed by atoms with Crippen LogP contribution in [0.5, 0.6) is 0 Å². The van der Waals surface area contributed by atoms with Crippen molar-refractivity contribution in [2.75, 3.05) is 10.0 Å². The monoisotopic (exact) mass is 438 g/mol. The van der Waals surface area contributed by atoms with Gasteiger partial charge in [-0.05, 0) is 42.8 Å². The molecule has 158 valence electrons. The van der Waals surface area contributed by atoms with Crippen LogP contribution in [0.15, 0.2) is 65.7 Å². The molecule has 0 aliphatic heterocycles. The number of nitrogens with one attached hydrogen (secondary N) is 2. The Morgan fingerprint density at radius 1 is 1.10 bits per heavy atom. The summed E-state index contributed by atoms with van der Waals surface area (Å²) in [6.45, 7) is 1.26. The van der Waals surface area contributed by atoms with Crippen LogP contribution in [0.3, 0.4) is 0 Å². The predicted octanol–water partition coefficient (Wildman–Crippen LogP) is 3.65. The largest absolute Gasteiger partial charge is 0.435 e. The summed E-state index contributed by atoms with van der Waals surface area (Å²) in [6.07, 6.45) is -3.54. The maximum Gasteiger partial charge on any atom is 0.435 e. The van der Waals surface area contributed by atoms with Gasteiger partial charge in [0.1, 0.15) is 6.54 Å². The van der Waals surface area contributed by atoms with Gasteiger partial charge in [0.25, 0.3) is 10.0 Å². The highest BCUT2D eigenvalue weighted by atomic mass is 32.2. The van der Waals surface area contributed by atoms with E-state index in [9.17, 15) is 26.4 Å². The van der Waals surface area contributed by atoms with Crippen LogP contribution in [0.4, 0.5) is 24.5 Å². The lowest BCUT2D eigenvalue weighted by Crippen LogP contribution is -2.20. The summed E-state index contributed by atoms with van der Waals surface area (Å²) in [5.74, 6) is -0.618. The molecule has 0 aliphatic rings. The Hall–Kier alpha value is -3.34. The number of carbonyl (C=O) groups excluding carboxylic acids is 1. The number of amides is 1. The van der Waals surface area contributed by atoms with E-state index in [0.717, 1.165) is 16.9 Å². The van der Waals surface area contributed by atoms with Gasteiger partial charge in [-0.1, -0.05) is 24.3 Å². The maximum atomic E-state index is 12.6. The van der Waals surface area contributed by atoms with Crippen LogP contribution in [-0.4, -0.2) is 24.1 Å². The molecular weight excluding hydrogens is 421 g/mol. The zero-order valence-electron chi connectivity index (χ0n) is 15.6. The fourth-order valence-corrected chi connectivity index (χ4v) is 3.70. The molecule has 0 radical (unpaired) electrons. The number of nitrogens with zero attached hydrogens (tertiary/aromatic N) is 2. The number of hydrogen-bond acceptors (Lipinski definition) is 4. The molecule has 3 aromatic rings. The minimum absolute atomic E-state index is 0.0815. The topological polar surface area (TPSA) is 93.1 Å². The van der Waals surface area contributed by atoms with Crippen LogP contribution in [0.25, 0.3) is 0 Å². The van der Waals surface area contributed by atoms with E-state index in [1.54, 1.807) is 37.3 Å². The van der Waals surface area contributed by atoms with Crippen LogP contribution >= 0.6 is 0 Å². The van der Waals surface area contributed by atoms with Crippen LogP contribution < -0.4 is 10.0 Å². The number of rotatable bonds is 6. The van der Waals surface area contributed by atoms with Gasteiger partial charge >= 0.3 is 6.18 Å². The number of hydrogen-bond donors (Lipinski definition) is 2. The molecule has 0 saturated carbocycles. The molecular formula is C19H17F3N4O3S. The Labute approximate surface area is 170 Å². The number of benzene rings is 2. The van der Waals surface area contributed by atoms with Crippen molar-refractivity contribution in [2.45, 2.75) is 24.5 Å². The van der Waals surface area contributed by atoms with Crippen molar-refractivity contribution in [1.82, 2.24) is 9.78 Å². The van der Waals surface area contributed by atoms with Crippen molar-refractivity contribution < 1.29 is 26.4 Å². The number of carbonyl (C=O) groups is 1.